The van der Waals surface area contributed by atoms with Gasteiger partial charge in [0.2, 0.25) is 0 Å². The molecule has 5 nitrogen and oxygen atoms in total. The van der Waals surface area contributed by atoms with E-state index in [2.05, 4.69) is 15.5 Å². The lowest BCUT2D eigenvalue weighted by Gasteiger charge is -2.09. The van der Waals surface area contributed by atoms with Crippen LogP contribution in [-0.2, 0) is 0 Å². The summed E-state index contributed by atoms with van der Waals surface area (Å²) in [6.45, 7) is 0. The van der Waals surface area contributed by atoms with Crippen molar-refractivity contribution in [3.63, 3.8) is 0 Å². The fourth-order valence-electron chi connectivity index (χ4n) is 2.04. The number of nitrogens with two attached hydrogens (primary N) is 1. The molecule has 0 bridgehead atoms. The van der Waals surface area contributed by atoms with Crippen molar-refractivity contribution < 1.29 is 13.6 Å². The topological polar surface area (TPSA) is 83.8 Å². The van der Waals surface area contributed by atoms with Crippen LogP contribution in [0.25, 0.3) is 10.9 Å². The molecule has 1 amide bonds. The molecule has 0 aliphatic carbocycles. The first-order valence-electron chi connectivity index (χ1n) is 6.05. The molecule has 0 fully saturated rings. The minimum Gasteiger partial charge on any atom is -0.396 e. The standard InChI is InChI=1S/C14H10F2N4O/c15-8-4-5-9(17)13(16)12(8)14(21)19-10-2-1-3-11-7(10)6-18-20-11/h1-6H,17H2,(H,18,20)(H,19,21). The molecular formula is C14H10F2N4O. The molecule has 3 aromatic rings. The van der Waals surface area contributed by atoms with Crippen molar-refractivity contribution in [2.75, 3.05) is 11.1 Å². The molecule has 0 aliphatic heterocycles. The predicted octanol–water partition coefficient (Wildman–Crippen LogP) is 2.68. The molecular weight excluding hydrogens is 278 g/mol. The second-order valence-electron chi connectivity index (χ2n) is 4.42. The van der Waals surface area contributed by atoms with Crippen molar-refractivity contribution in [3.05, 3.63) is 53.7 Å². The van der Waals surface area contributed by atoms with Gasteiger partial charge in [0.1, 0.15) is 11.4 Å². The summed E-state index contributed by atoms with van der Waals surface area (Å²) < 4.78 is 27.5. The number of halogens is 2. The molecule has 0 spiro atoms. The van der Waals surface area contributed by atoms with Crippen LogP contribution in [-0.4, -0.2) is 16.1 Å². The van der Waals surface area contributed by atoms with E-state index < -0.39 is 23.1 Å². The Hall–Kier alpha value is -2.96. The van der Waals surface area contributed by atoms with Crippen molar-refractivity contribution in [2.45, 2.75) is 0 Å². The number of H-pyrrole nitrogens is 1. The Morgan fingerprint density at radius 3 is 2.86 bits per heavy atom. The maximum Gasteiger partial charge on any atom is 0.261 e. The molecule has 4 N–H and O–H groups in total. The van der Waals surface area contributed by atoms with Crippen LogP contribution < -0.4 is 11.1 Å². The lowest BCUT2D eigenvalue weighted by molar-refractivity contribution is 0.101. The van der Waals surface area contributed by atoms with Gasteiger partial charge < -0.3 is 11.1 Å². The van der Waals surface area contributed by atoms with Crippen molar-refractivity contribution in [1.29, 1.82) is 0 Å². The number of nitrogens with zero attached hydrogens (tertiary/aromatic N) is 1. The van der Waals surface area contributed by atoms with Crippen molar-refractivity contribution >= 4 is 28.2 Å². The van der Waals surface area contributed by atoms with Gasteiger partial charge in [-0.2, -0.15) is 5.10 Å². The molecule has 0 radical (unpaired) electrons. The molecule has 1 heterocycles. The van der Waals surface area contributed by atoms with Crippen molar-refractivity contribution in [2.24, 2.45) is 0 Å². The number of nitrogens with one attached hydrogen (secondary N) is 2. The minimum atomic E-state index is -1.08. The molecule has 0 saturated heterocycles. The number of anilines is 2. The number of aromatic amines is 1. The Morgan fingerprint density at radius 1 is 1.24 bits per heavy atom. The number of hydrogen-bond acceptors (Lipinski definition) is 3. The summed E-state index contributed by atoms with van der Waals surface area (Å²) in [5.41, 5.74) is 5.45. The van der Waals surface area contributed by atoms with Gasteiger partial charge in [-0.1, -0.05) is 6.07 Å². The summed E-state index contributed by atoms with van der Waals surface area (Å²) >= 11 is 0. The smallest absolute Gasteiger partial charge is 0.261 e. The number of hydrogen-bond donors (Lipinski definition) is 3. The van der Waals surface area contributed by atoms with Crippen molar-refractivity contribution in [3.8, 4) is 0 Å². The SMILES string of the molecule is Nc1ccc(F)c(C(=O)Nc2cccc3[nH]ncc23)c1F. The highest BCUT2D eigenvalue weighted by molar-refractivity contribution is 6.09. The van der Waals surface area contributed by atoms with Crippen LogP contribution in [0.4, 0.5) is 20.2 Å². The molecule has 106 valence electrons. The number of benzene rings is 2. The van der Waals surface area contributed by atoms with E-state index in [1.54, 1.807) is 18.2 Å². The van der Waals surface area contributed by atoms with Gasteiger partial charge in [0.15, 0.2) is 5.82 Å². The average Bonchev–Trinajstić information content (AvgIpc) is 2.93. The van der Waals surface area contributed by atoms with E-state index in [0.717, 1.165) is 12.1 Å². The summed E-state index contributed by atoms with van der Waals surface area (Å²) in [5, 5.41) is 9.68. The third-order valence-corrected chi connectivity index (χ3v) is 3.08. The van der Waals surface area contributed by atoms with Crippen LogP contribution in [0.5, 0.6) is 0 Å². The number of fused-ring (bicyclic) bond motifs is 1. The van der Waals surface area contributed by atoms with Gasteiger partial charge in [-0.05, 0) is 24.3 Å². The van der Waals surface area contributed by atoms with E-state index >= 15 is 0 Å². The summed E-state index contributed by atoms with van der Waals surface area (Å²) in [6.07, 6.45) is 1.51. The molecule has 0 atom stereocenters. The zero-order valence-corrected chi connectivity index (χ0v) is 10.7. The summed E-state index contributed by atoms with van der Waals surface area (Å²) in [4.78, 5) is 12.1. The Bertz CT molecular complexity index is 844. The van der Waals surface area contributed by atoms with Crippen LogP contribution in [0, 0.1) is 11.6 Å². The average molecular weight is 288 g/mol. The summed E-state index contributed by atoms with van der Waals surface area (Å²) in [7, 11) is 0. The second-order valence-corrected chi connectivity index (χ2v) is 4.42. The monoisotopic (exact) mass is 288 g/mol. The van der Waals surface area contributed by atoms with Gasteiger partial charge in [0, 0.05) is 5.39 Å². The molecule has 7 heteroatoms. The number of carbonyl (C=O) groups is 1. The second kappa shape index (κ2) is 4.86. The first-order valence-corrected chi connectivity index (χ1v) is 6.05. The molecule has 2 aromatic carbocycles. The molecule has 1 aromatic heterocycles. The van der Waals surface area contributed by atoms with Gasteiger partial charge in [0.05, 0.1) is 23.1 Å². The van der Waals surface area contributed by atoms with Gasteiger partial charge in [-0.3, -0.25) is 9.89 Å². The molecule has 0 saturated carbocycles. The van der Waals surface area contributed by atoms with Gasteiger partial charge >= 0.3 is 0 Å². The fraction of sp³-hybridized carbons (Fsp3) is 0. The lowest BCUT2D eigenvalue weighted by Crippen LogP contribution is -2.17. The van der Waals surface area contributed by atoms with E-state index in [0.29, 0.717) is 16.6 Å². The highest BCUT2D eigenvalue weighted by Crippen LogP contribution is 2.24. The van der Waals surface area contributed by atoms with Crippen LogP contribution in [0.15, 0.2) is 36.5 Å². The van der Waals surface area contributed by atoms with Crippen LogP contribution in [0.1, 0.15) is 10.4 Å². The normalized spacial score (nSPS) is 10.8. The third-order valence-electron chi connectivity index (χ3n) is 3.08. The molecule has 3 rings (SSSR count). The largest absolute Gasteiger partial charge is 0.396 e. The van der Waals surface area contributed by atoms with E-state index in [4.69, 9.17) is 5.73 Å². The number of rotatable bonds is 2. The first-order chi connectivity index (χ1) is 10.1. The Balaban J connectivity index is 2.01. The molecule has 21 heavy (non-hydrogen) atoms. The fourth-order valence-corrected chi connectivity index (χ4v) is 2.04. The highest BCUT2D eigenvalue weighted by Gasteiger charge is 2.20. The predicted molar refractivity (Wildman–Crippen MR) is 74.8 cm³/mol. The Morgan fingerprint density at radius 2 is 2.05 bits per heavy atom. The van der Waals surface area contributed by atoms with Crippen LogP contribution in [0.3, 0.4) is 0 Å². The maximum absolute atomic E-state index is 13.8. The quantitative estimate of drug-likeness (QED) is 0.634. The summed E-state index contributed by atoms with van der Waals surface area (Å²) in [6, 6.07) is 7.07. The summed E-state index contributed by atoms with van der Waals surface area (Å²) in [5.74, 6) is -2.96. The zero-order chi connectivity index (χ0) is 15.0. The van der Waals surface area contributed by atoms with E-state index in [9.17, 15) is 13.6 Å². The van der Waals surface area contributed by atoms with Crippen LogP contribution in [0.2, 0.25) is 0 Å². The van der Waals surface area contributed by atoms with E-state index in [-0.39, 0.29) is 5.69 Å². The third kappa shape index (κ3) is 2.18. The Labute approximate surface area is 117 Å². The van der Waals surface area contributed by atoms with Crippen molar-refractivity contribution in [1.82, 2.24) is 10.2 Å². The van der Waals surface area contributed by atoms with Crippen LogP contribution >= 0.6 is 0 Å². The zero-order valence-electron chi connectivity index (χ0n) is 10.7. The number of nitrogen functional groups attached to an aromatic ring is 1. The Kier molecular flexibility index (Phi) is 3.02. The lowest BCUT2D eigenvalue weighted by atomic mass is 10.1. The maximum atomic E-state index is 13.8. The number of amides is 1. The van der Waals surface area contributed by atoms with Gasteiger partial charge in [0.25, 0.3) is 5.91 Å². The number of aromatic nitrogens is 2. The van der Waals surface area contributed by atoms with E-state index in [1.807, 2.05) is 0 Å². The first kappa shape index (κ1) is 13.0. The highest BCUT2D eigenvalue weighted by atomic mass is 19.1. The molecule has 0 unspecified atom stereocenters. The van der Waals surface area contributed by atoms with Gasteiger partial charge in [-0.25, -0.2) is 8.78 Å². The van der Waals surface area contributed by atoms with Gasteiger partial charge in [-0.15, -0.1) is 0 Å². The van der Waals surface area contributed by atoms with E-state index in [1.165, 1.54) is 6.20 Å². The molecule has 0 aliphatic rings. The minimum absolute atomic E-state index is 0.289. The number of carbonyl (C=O) groups excluding carboxylic acids is 1.